The van der Waals surface area contributed by atoms with Crippen molar-refractivity contribution in [3.05, 3.63) is 26.1 Å². The van der Waals surface area contributed by atoms with Gasteiger partial charge < -0.3 is 5.32 Å². The van der Waals surface area contributed by atoms with Crippen LogP contribution in [0.2, 0.25) is 0 Å². The van der Waals surface area contributed by atoms with E-state index in [0.717, 1.165) is 21.2 Å². The predicted octanol–water partition coefficient (Wildman–Crippen LogP) is 4.10. The lowest BCUT2D eigenvalue weighted by atomic mass is 10.4. The van der Waals surface area contributed by atoms with Crippen LogP contribution in [0.25, 0.3) is 0 Å². The van der Waals surface area contributed by atoms with Crippen molar-refractivity contribution in [3.63, 3.8) is 0 Å². The van der Waals surface area contributed by atoms with Crippen molar-refractivity contribution in [2.45, 2.75) is 26.3 Å². The minimum Gasteiger partial charge on any atom is -0.353 e. The number of nitrogens with zero attached hydrogens (tertiary/aromatic N) is 2. The Balaban J connectivity index is 2.05. The molecule has 6 heteroatoms. The summed E-state index contributed by atoms with van der Waals surface area (Å²) >= 11 is 6.69. The third-order valence-corrected chi connectivity index (χ3v) is 4.91. The van der Waals surface area contributed by atoms with E-state index in [4.69, 9.17) is 0 Å². The van der Waals surface area contributed by atoms with E-state index < -0.39 is 0 Å². The lowest BCUT2D eigenvalue weighted by molar-refractivity contribution is 0.866. The lowest BCUT2D eigenvalue weighted by Gasteiger charge is -2.08. The Labute approximate surface area is 111 Å². The van der Waals surface area contributed by atoms with Gasteiger partial charge in [-0.25, -0.2) is 9.97 Å². The standard InChI is InChI=1S/C10H12BrN3S2/c1-3-7-4-12-9(16-7)6(2)13-10-14-8(11)5-15-10/h4-6H,3H2,1-2H3,(H,13,14). The molecule has 2 aromatic heterocycles. The van der Waals surface area contributed by atoms with Gasteiger partial charge in [-0.05, 0) is 29.3 Å². The monoisotopic (exact) mass is 317 g/mol. The second-order valence-electron chi connectivity index (χ2n) is 3.36. The van der Waals surface area contributed by atoms with Crippen molar-refractivity contribution in [1.82, 2.24) is 9.97 Å². The number of halogens is 1. The highest BCUT2D eigenvalue weighted by atomic mass is 79.9. The summed E-state index contributed by atoms with van der Waals surface area (Å²) in [6, 6.07) is 0.211. The maximum Gasteiger partial charge on any atom is 0.184 e. The zero-order valence-electron chi connectivity index (χ0n) is 9.03. The highest BCUT2D eigenvalue weighted by Gasteiger charge is 2.11. The van der Waals surface area contributed by atoms with Crippen LogP contribution in [0.1, 0.15) is 29.8 Å². The van der Waals surface area contributed by atoms with Crippen molar-refractivity contribution >= 4 is 43.7 Å². The number of rotatable bonds is 4. The molecule has 0 amide bonds. The Kier molecular flexibility index (Phi) is 3.94. The fourth-order valence-corrected chi connectivity index (χ4v) is 3.35. The van der Waals surface area contributed by atoms with Gasteiger partial charge in [0.1, 0.15) is 9.61 Å². The minimum atomic E-state index is 0.211. The Morgan fingerprint density at radius 3 is 2.94 bits per heavy atom. The average Bonchev–Trinajstić information content (AvgIpc) is 2.87. The Morgan fingerprint density at radius 1 is 1.56 bits per heavy atom. The molecular weight excluding hydrogens is 306 g/mol. The molecule has 2 rings (SSSR count). The van der Waals surface area contributed by atoms with Crippen molar-refractivity contribution in [2.75, 3.05) is 5.32 Å². The summed E-state index contributed by atoms with van der Waals surface area (Å²) in [7, 11) is 0. The first kappa shape index (κ1) is 12.0. The van der Waals surface area contributed by atoms with Crippen LogP contribution in [0.3, 0.4) is 0 Å². The van der Waals surface area contributed by atoms with Crippen LogP contribution in [0.5, 0.6) is 0 Å². The smallest absolute Gasteiger partial charge is 0.184 e. The van der Waals surface area contributed by atoms with Crippen LogP contribution in [0, 0.1) is 0 Å². The summed E-state index contributed by atoms with van der Waals surface area (Å²) in [5.41, 5.74) is 0. The van der Waals surface area contributed by atoms with E-state index >= 15 is 0 Å². The molecule has 16 heavy (non-hydrogen) atoms. The fraction of sp³-hybridized carbons (Fsp3) is 0.400. The van der Waals surface area contributed by atoms with Crippen molar-refractivity contribution in [3.8, 4) is 0 Å². The third kappa shape index (κ3) is 2.81. The average molecular weight is 318 g/mol. The molecule has 0 spiro atoms. The number of hydrogen-bond donors (Lipinski definition) is 1. The van der Waals surface area contributed by atoms with E-state index in [1.807, 2.05) is 11.6 Å². The number of thiazole rings is 2. The van der Waals surface area contributed by atoms with Gasteiger partial charge >= 0.3 is 0 Å². The molecule has 0 saturated carbocycles. The predicted molar refractivity (Wildman–Crippen MR) is 73.3 cm³/mol. The maximum absolute atomic E-state index is 4.41. The molecule has 1 N–H and O–H groups in total. The summed E-state index contributed by atoms with van der Waals surface area (Å²) in [6.07, 6.45) is 3.00. The van der Waals surface area contributed by atoms with Gasteiger partial charge in [-0.15, -0.1) is 22.7 Å². The molecule has 0 saturated heterocycles. The zero-order valence-corrected chi connectivity index (χ0v) is 12.2. The molecule has 0 aromatic carbocycles. The number of hydrogen-bond acceptors (Lipinski definition) is 5. The first-order valence-corrected chi connectivity index (χ1v) is 7.50. The fourth-order valence-electron chi connectivity index (χ4n) is 1.25. The van der Waals surface area contributed by atoms with E-state index in [0.29, 0.717) is 0 Å². The molecule has 0 fully saturated rings. The number of nitrogens with one attached hydrogen (secondary N) is 1. The van der Waals surface area contributed by atoms with Gasteiger partial charge in [-0.1, -0.05) is 6.92 Å². The molecule has 1 atom stereocenters. The van der Waals surface area contributed by atoms with Crippen molar-refractivity contribution in [2.24, 2.45) is 0 Å². The molecule has 0 aliphatic heterocycles. The molecule has 2 aromatic rings. The number of aromatic nitrogens is 2. The molecule has 0 aliphatic rings. The summed E-state index contributed by atoms with van der Waals surface area (Å²) < 4.78 is 0.876. The summed E-state index contributed by atoms with van der Waals surface area (Å²) in [5.74, 6) is 0. The second-order valence-corrected chi connectivity index (χ2v) is 6.18. The van der Waals surface area contributed by atoms with E-state index in [1.54, 1.807) is 22.7 Å². The molecule has 0 bridgehead atoms. The summed E-state index contributed by atoms with van der Waals surface area (Å²) in [6.45, 7) is 4.25. The highest BCUT2D eigenvalue weighted by Crippen LogP contribution is 2.26. The van der Waals surface area contributed by atoms with Crippen LogP contribution >= 0.6 is 38.6 Å². The number of anilines is 1. The zero-order chi connectivity index (χ0) is 11.5. The highest BCUT2D eigenvalue weighted by molar-refractivity contribution is 9.10. The van der Waals surface area contributed by atoms with Gasteiger partial charge in [0.25, 0.3) is 0 Å². The van der Waals surface area contributed by atoms with E-state index in [9.17, 15) is 0 Å². The van der Waals surface area contributed by atoms with E-state index in [-0.39, 0.29) is 6.04 Å². The van der Waals surface area contributed by atoms with E-state index in [2.05, 4.69) is 45.1 Å². The second kappa shape index (κ2) is 5.25. The quantitative estimate of drug-likeness (QED) is 0.922. The van der Waals surface area contributed by atoms with Crippen LogP contribution in [-0.2, 0) is 6.42 Å². The minimum absolute atomic E-state index is 0.211. The Morgan fingerprint density at radius 2 is 2.38 bits per heavy atom. The van der Waals surface area contributed by atoms with Crippen LogP contribution in [0.4, 0.5) is 5.13 Å². The van der Waals surface area contributed by atoms with Gasteiger partial charge in [0.2, 0.25) is 0 Å². The normalized spacial score (nSPS) is 12.7. The Bertz CT molecular complexity index is 466. The van der Waals surface area contributed by atoms with Gasteiger partial charge in [0, 0.05) is 16.5 Å². The molecule has 3 nitrogen and oxygen atoms in total. The van der Waals surface area contributed by atoms with Crippen molar-refractivity contribution < 1.29 is 0 Å². The van der Waals surface area contributed by atoms with Gasteiger partial charge in [0.05, 0.1) is 6.04 Å². The first-order chi connectivity index (χ1) is 7.69. The lowest BCUT2D eigenvalue weighted by Crippen LogP contribution is -2.05. The third-order valence-electron chi connectivity index (χ3n) is 2.11. The molecule has 0 aliphatic carbocycles. The molecule has 86 valence electrons. The molecule has 0 radical (unpaired) electrons. The first-order valence-electron chi connectivity index (χ1n) is 5.01. The van der Waals surface area contributed by atoms with Crippen LogP contribution in [0.15, 0.2) is 16.2 Å². The van der Waals surface area contributed by atoms with Crippen LogP contribution in [-0.4, -0.2) is 9.97 Å². The maximum atomic E-state index is 4.41. The van der Waals surface area contributed by atoms with Crippen LogP contribution < -0.4 is 5.32 Å². The molecular formula is C10H12BrN3S2. The molecule has 1 unspecified atom stereocenters. The van der Waals surface area contributed by atoms with E-state index in [1.165, 1.54) is 4.88 Å². The SMILES string of the molecule is CCc1cnc(C(C)Nc2nc(Br)cs2)s1. The summed E-state index contributed by atoms with van der Waals surface area (Å²) in [5, 5.41) is 7.35. The van der Waals surface area contributed by atoms with Gasteiger partial charge in [0.15, 0.2) is 5.13 Å². The van der Waals surface area contributed by atoms with Gasteiger partial charge in [-0.3, -0.25) is 0 Å². The number of aryl methyl sites for hydroxylation is 1. The Hall–Kier alpha value is -0.460. The summed E-state index contributed by atoms with van der Waals surface area (Å²) in [4.78, 5) is 10.0. The van der Waals surface area contributed by atoms with Gasteiger partial charge in [-0.2, -0.15) is 0 Å². The largest absolute Gasteiger partial charge is 0.353 e. The van der Waals surface area contributed by atoms with Crippen molar-refractivity contribution in [1.29, 1.82) is 0 Å². The topological polar surface area (TPSA) is 37.8 Å². The molecule has 2 heterocycles.